The van der Waals surface area contributed by atoms with Gasteiger partial charge in [-0.05, 0) is 0 Å². The van der Waals surface area contributed by atoms with Crippen LogP contribution in [0.15, 0.2) is 6.07 Å². The van der Waals surface area contributed by atoms with Crippen LogP contribution in [0.2, 0.25) is 0 Å². The second-order valence-electron chi connectivity index (χ2n) is 3.22. The van der Waals surface area contributed by atoms with Gasteiger partial charge in [-0.2, -0.15) is 8.78 Å². The van der Waals surface area contributed by atoms with E-state index in [-0.39, 0.29) is 6.07 Å². The highest BCUT2D eigenvalue weighted by Gasteiger charge is 2.49. The normalized spacial score (nSPS) is 11.8. The lowest BCUT2D eigenvalue weighted by atomic mass is 10.2. The Morgan fingerprint density at radius 3 is 1.84 bits per heavy atom. The molecule has 0 spiro atoms. The topological polar surface area (TPSA) is 29.1 Å². The van der Waals surface area contributed by atoms with E-state index in [2.05, 4.69) is 0 Å². The smallest absolute Gasteiger partial charge is 0.316 e. The molecule has 0 aliphatic rings. The summed E-state index contributed by atoms with van der Waals surface area (Å²) in [5, 5.41) is 0.683. The molecule has 0 heterocycles. The summed E-state index contributed by atoms with van der Waals surface area (Å²) in [6.07, 6.45) is -4.46. The number of nitrogens with one attached hydrogen (secondary N) is 1. The molecule has 0 unspecified atom stereocenters. The SMILES string of the molecule is O=C(Nc1c(F)c(F)cc(F)c1F)C(F)(F)C(F)F. The lowest BCUT2D eigenvalue weighted by Crippen LogP contribution is -2.41. The summed E-state index contributed by atoms with van der Waals surface area (Å²) in [7, 11) is 0. The highest BCUT2D eigenvalue weighted by atomic mass is 19.3. The molecule has 2 nitrogen and oxygen atoms in total. The van der Waals surface area contributed by atoms with Crippen LogP contribution in [-0.2, 0) is 4.79 Å². The highest BCUT2D eigenvalue weighted by Crippen LogP contribution is 2.28. The van der Waals surface area contributed by atoms with Crippen molar-refractivity contribution >= 4 is 11.6 Å². The Hall–Kier alpha value is -1.87. The van der Waals surface area contributed by atoms with Crippen molar-refractivity contribution in [2.24, 2.45) is 0 Å². The Balaban J connectivity index is 3.18. The Morgan fingerprint density at radius 2 is 1.47 bits per heavy atom. The van der Waals surface area contributed by atoms with Gasteiger partial charge < -0.3 is 5.32 Å². The van der Waals surface area contributed by atoms with Gasteiger partial charge in [0.05, 0.1) is 0 Å². The molecule has 0 bridgehead atoms. The van der Waals surface area contributed by atoms with Gasteiger partial charge in [0.25, 0.3) is 0 Å². The first-order chi connectivity index (χ1) is 8.59. The Bertz CT molecular complexity index is 489. The van der Waals surface area contributed by atoms with Gasteiger partial charge in [0.2, 0.25) is 0 Å². The van der Waals surface area contributed by atoms with E-state index in [9.17, 15) is 39.9 Å². The van der Waals surface area contributed by atoms with E-state index in [1.165, 1.54) is 0 Å². The number of carbonyl (C=O) groups excluding carboxylic acids is 1. The summed E-state index contributed by atoms with van der Waals surface area (Å²) < 4.78 is 99.8. The summed E-state index contributed by atoms with van der Waals surface area (Å²) in [6.45, 7) is 0. The van der Waals surface area contributed by atoms with E-state index in [0.717, 1.165) is 0 Å². The number of hydrogen-bond acceptors (Lipinski definition) is 1. The quantitative estimate of drug-likeness (QED) is 0.673. The number of anilines is 1. The van der Waals surface area contributed by atoms with Gasteiger partial charge in [0, 0.05) is 6.07 Å². The lowest BCUT2D eigenvalue weighted by Gasteiger charge is -2.15. The minimum absolute atomic E-state index is 0.244. The Labute approximate surface area is 99.6 Å². The molecule has 0 aliphatic carbocycles. The molecule has 1 amide bonds. The van der Waals surface area contributed by atoms with Crippen molar-refractivity contribution < 1.29 is 39.9 Å². The number of alkyl halides is 4. The molecule has 10 heteroatoms. The number of rotatable bonds is 3. The highest BCUT2D eigenvalue weighted by molar-refractivity contribution is 5.96. The second-order valence-corrected chi connectivity index (χ2v) is 3.22. The molecule has 1 aromatic carbocycles. The minimum Gasteiger partial charge on any atom is -0.316 e. The molecule has 1 aromatic rings. The minimum atomic E-state index is -5.28. The molecule has 19 heavy (non-hydrogen) atoms. The first kappa shape index (κ1) is 15.2. The predicted octanol–water partition coefficient (Wildman–Crippen LogP) is 3.08. The van der Waals surface area contributed by atoms with Crippen LogP contribution in [0.4, 0.5) is 40.8 Å². The molecule has 0 saturated carbocycles. The van der Waals surface area contributed by atoms with Crippen molar-refractivity contribution in [1.29, 1.82) is 0 Å². The second kappa shape index (κ2) is 5.02. The molecule has 0 saturated heterocycles. The Kier molecular flexibility index (Phi) is 4.01. The first-order valence-electron chi connectivity index (χ1n) is 4.39. The molecule has 0 aliphatic heterocycles. The number of halogens is 8. The average Bonchev–Trinajstić information content (AvgIpc) is 2.31. The molecule has 0 radical (unpaired) electrons. The fraction of sp³-hybridized carbons (Fsp3) is 0.222. The monoisotopic (exact) mass is 293 g/mol. The van der Waals surface area contributed by atoms with Crippen LogP contribution in [0.25, 0.3) is 0 Å². The third-order valence-electron chi connectivity index (χ3n) is 1.93. The fourth-order valence-electron chi connectivity index (χ4n) is 0.979. The molecule has 106 valence electrons. The first-order valence-corrected chi connectivity index (χ1v) is 4.39. The van der Waals surface area contributed by atoms with E-state index in [4.69, 9.17) is 0 Å². The molecule has 0 fully saturated rings. The van der Waals surface area contributed by atoms with Gasteiger partial charge in [-0.25, -0.2) is 26.3 Å². The van der Waals surface area contributed by atoms with Gasteiger partial charge in [-0.15, -0.1) is 0 Å². The van der Waals surface area contributed by atoms with E-state index in [1.807, 2.05) is 0 Å². The number of benzene rings is 1. The molecular weight excluding hydrogens is 290 g/mol. The van der Waals surface area contributed by atoms with E-state index in [1.54, 1.807) is 0 Å². The van der Waals surface area contributed by atoms with E-state index >= 15 is 0 Å². The van der Waals surface area contributed by atoms with Crippen LogP contribution in [0, 0.1) is 23.3 Å². The summed E-state index contributed by atoms with van der Waals surface area (Å²) in [6, 6.07) is -0.244. The Morgan fingerprint density at radius 1 is 1.05 bits per heavy atom. The number of amides is 1. The summed E-state index contributed by atoms with van der Waals surface area (Å²) in [5.74, 6) is -16.5. The van der Waals surface area contributed by atoms with Crippen LogP contribution >= 0.6 is 0 Å². The van der Waals surface area contributed by atoms with Gasteiger partial charge in [-0.3, -0.25) is 4.79 Å². The average molecular weight is 293 g/mol. The third-order valence-corrected chi connectivity index (χ3v) is 1.93. The molecule has 0 aromatic heterocycles. The zero-order valence-corrected chi connectivity index (χ0v) is 8.59. The van der Waals surface area contributed by atoms with Crippen molar-refractivity contribution in [1.82, 2.24) is 0 Å². The summed E-state index contributed by atoms with van der Waals surface area (Å²) in [5.41, 5.74) is -1.91. The maximum absolute atomic E-state index is 13.0. The van der Waals surface area contributed by atoms with Crippen molar-refractivity contribution in [3.8, 4) is 0 Å². The predicted molar refractivity (Wildman–Crippen MR) is 45.9 cm³/mol. The van der Waals surface area contributed by atoms with Crippen molar-refractivity contribution in [2.45, 2.75) is 12.3 Å². The van der Waals surface area contributed by atoms with Gasteiger partial charge >= 0.3 is 18.3 Å². The molecule has 0 atom stereocenters. The van der Waals surface area contributed by atoms with E-state index in [0.29, 0.717) is 5.32 Å². The zero-order valence-electron chi connectivity index (χ0n) is 8.59. The molecule has 1 rings (SSSR count). The zero-order chi connectivity index (χ0) is 15.0. The number of hydrogen-bond donors (Lipinski definition) is 1. The molecular formula is C9H3F8NO. The van der Waals surface area contributed by atoms with Crippen molar-refractivity contribution in [3.05, 3.63) is 29.3 Å². The maximum Gasteiger partial charge on any atom is 0.383 e. The molecule has 1 N–H and O–H groups in total. The summed E-state index contributed by atoms with van der Waals surface area (Å²) in [4.78, 5) is 10.7. The van der Waals surface area contributed by atoms with Crippen LogP contribution < -0.4 is 5.32 Å². The van der Waals surface area contributed by atoms with Crippen molar-refractivity contribution in [2.75, 3.05) is 5.32 Å². The van der Waals surface area contributed by atoms with Crippen LogP contribution in [0.5, 0.6) is 0 Å². The van der Waals surface area contributed by atoms with Gasteiger partial charge in [0.15, 0.2) is 23.3 Å². The van der Waals surface area contributed by atoms with E-state index < -0.39 is 47.2 Å². The van der Waals surface area contributed by atoms with Gasteiger partial charge in [-0.1, -0.05) is 0 Å². The van der Waals surface area contributed by atoms with Crippen LogP contribution in [0.3, 0.4) is 0 Å². The number of carbonyl (C=O) groups is 1. The summed E-state index contributed by atoms with van der Waals surface area (Å²) >= 11 is 0. The van der Waals surface area contributed by atoms with Crippen LogP contribution in [-0.4, -0.2) is 18.3 Å². The van der Waals surface area contributed by atoms with Crippen molar-refractivity contribution in [3.63, 3.8) is 0 Å². The standard InChI is InChI=1S/C9H3F8NO/c10-2-1-3(11)5(13)6(4(2)12)18-8(19)9(16,17)7(14)15/h1,7H,(H,18,19). The largest absolute Gasteiger partial charge is 0.383 e. The fourth-order valence-corrected chi connectivity index (χ4v) is 0.979. The lowest BCUT2D eigenvalue weighted by molar-refractivity contribution is -0.163. The van der Waals surface area contributed by atoms with Crippen LogP contribution in [0.1, 0.15) is 0 Å². The maximum atomic E-state index is 13.0. The third kappa shape index (κ3) is 2.76. The van der Waals surface area contributed by atoms with Gasteiger partial charge in [0.1, 0.15) is 5.69 Å².